The number of nitrogens with zero attached hydrogens (tertiary/aromatic N) is 1. The maximum atomic E-state index is 12.1. The summed E-state index contributed by atoms with van der Waals surface area (Å²) >= 11 is 0. The van der Waals surface area contributed by atoms with Crippen LogP contribution in [0.25, 0.3) is 0 Å². The third-order valence-corrected chi connectivity index (χ3v) is 6.15. The molecular formula is C13H20N2O4S2. The minimum atomic E-state index is -3.59. The van der Waals surface area contributed by atoms with E-state index in [0.29, 0.717) is 0 Å². The molecule has 8 heteroatoms. The second kappa shape index (κ2) is 6.04. The van der Waals surface area contributed by atoms with E-state index in [1.807, 2.05) is 6.92 Å². The van der Waals surface area contributed by atoms with E-state index in [4.69, 9.17) is 0 Å². The molecule has 118 valence electrons. The fourth-order valence-electron chi connectivity index (χ4n) is 2.07. The molecule has 21 heavy (non-hydrogen) atoms. The minimum Gasteiger partial charge on any atom is -0.212 e. The molecule has 1 N–H and O–H groups in total. The molecule has 0 radical (unpaired) electrons. The van der Waals surface area contributed by atoms with Crippen LogP contribution < -0.4 is 4.72 Å². The summed E-state index contributed by atoms with van der Waals surface area (Å²) in [6, 6.07) is 6.55. The van der Waals surface area contributed by atoms with E-state index in [9.17, 15) is 16.8 Å². The van der Waals surface area contributed by atoms with E-state index >= 15 is 0 Å². The lowest BCUT2D eigenvalue weighted by atomic mass is 10.2. The Hall–Kier alpha value is -0.960. The molecule has 1 aliphatic rings. The predicted octanol–water partition coefficient (Wildman–Crippen LogP) is 0.697. The number of benzene rings is 1. The Balaban J connectivity index is 1.97. The van der Waals surface area contributed by atoms with Crippen LogP contribution in [-0.4, -0.2) is 46.5 Å². The lowest BCUT2D eigenvalue weighted by molar-refractivity contribution is 0.410. The highest BCUT2D eigenvalue weighted by atomic mass is 32.2. The molecule has 1 aromatic carbocycles. The number of sulfonamides is 2. The van der Waals surface area contributed by atoms with Gasteiger partial charge in [-0.2, -0.15) is 4.31 Å². The summed E-state index contributed by atoms with van der Waals surface area (Å²) in [6.45, 7) is 2.11. The van der Waals surface area contributed by atoms with Gasteiger partial charge in [0.25, 0.3) is 0 Å². The highest BCUT2D eigenvalue weighted by Gasteiger charge is 2.34. The van der Waals surface area contributed by atoms with Crippen molar-refractivity contribution < 1.29 is 16.8 Å². The molecule has 0 spiro atoms. The van der Waals surface area contributed by atoms with E-state index in [2.05, 4.69) is 4.72 Å². The molecule has 0 amide bonds. The van der Waals surface area contributed by atoms with Crippen molar-refractivity contribution in [2.24, 2.45) is 0 Å². The summed E-state index contributed by atoms with van der Waals surface area (Å²) in [6.07, 6.45) is 2.84. The first-order valence-corrected chi connectivity index (χ1v) is 10.1. The van der Waals surface area contributed by atoms with Crippen molar-refractivity contribution in [1.29, 1.82) is 0 Å². The first-order valence-electron chi connectivity index (χ1n) is 6.73. The molecule has 0 aromatic heterocycles. The Labute approximate surface area is 126 Å². The average molecular weight is 332 g/mol. The van der Waals surface area contributed by atoms with Gasteiger partial charge >= 0.3 is 0 Å². The van der Waals surface area contributed by atoms with Gasteiger partial charge in [0.05, 0.1) is 11.2 Å². The standard InChI is InChI=1S/C13H20N2O4S2/c1-11-3-7-13(8-4-11)21(18,19)14-9-10-15(12-5-6-12)20(2,16)17/h3-4,7-8,12,14H,5-6,9-10H2,1-2H3. The van der Waals surface area contributed by atoms with Crippen LogP contribution in [0.1, 0.15) is 18.4 Å². The van der Waals surface area contributed by atoms with Crippen molar-refractivity contribution >= 4 is 20.0 Å². The summed E-state index contributed by atoms with van der Waals surface area (Å²) in [4.78, 5) is 0.186. The number of aryl methyl sites for hydroxylation is 1. The van der Waals surface area contributed by atoms with Crippen molar-refractivity contribution in [2.75, 3.05) is 19.3 Å². The molecule has 0 saturated heterocycles. The third-order valence-electron chi connectivity index (χ3n) is 3.34. The Morgan fingerprint density at radius 1 is 1.14 bits per heavy atom. The fourth-order valence-corrected chi connectivity index (χ4v) is 4.27. The van der Waals surface area contributed by atoms with Crippen molar-refractivity contribution in [1.82, 2.24) is 9.03 Å². The van der Waals surface area contributed by atoms with Gasteiger partial charge in [0.15, 0.2) is 0 Å². The van der Waals surface area contributed by atoms with Gasteiger partial charge in [-0.05, 0) is 31.9 Å². The molecule has 0 bridgehead atoms. The van der Waals surface area contributed by atoms with Crippen molar-refractivity contribution in [3.05, 3.63) is 29.8 Å². The number of hydrogen-bond donors (Lipinski definition) is 1. The zero-order valence-corrected chi connectivity index (χ0v) is 13.7. The van der Waals surface area contributed by atoms with Gasteiger partial charge in [-0.3, -0.25) is 0 Å². The van der Waals surface area contributed by atoms with Gasteiger partial charge in [0.2, 0.25) is 20.0 Å². The average Bonchev–Trinajstić information content (AvgIpc) is 3.18. The molecule has 0 atom stereocenters. The summed E-state index contributed by atoms with van der Waals surface area (Å²) < 4.78 is 51.2. The van der Waals surface area contributed by atoms with Crippen LogP contribution in [0.2, 0.25) is 0 Å². The fraction of sp³-hybridized carbons (Fsp3) is 0.538. The molecule has 2 rings (SSSR count). The molecule has 1 aromatic rings. The monoisotopic (exact) mass is 332 g/mol. The summed E-state index contributed by atoms with van der Waals surface area (Å²) in [5.74, 6) is 0. The summed E-state index contributed by atoms with van der Waals surface area (Å²) in [7, 11) is -6.89. The molecular weight excluding hydrogens is 312 g/mol. The Morgan fingerprint density at radius 2 is 1.71 bits per heavy atom. The largest absolute Gasteiger partial charge is 0.240 e. The first-order chi connectivity index (χ1) is 9.70. The molecule has 1 fully saturated rings. The lowest BCUT2D eigenvalue weighted by Gasteiger charge is -2.19. The Bertz CT molecular complexity index is 692. The van der Waals surface area contributed by atoms with Crippen molar-refractivity contribution in [3.8, 4) is 0 Å². The molecule has 1 aliphatic carbocycles. The van der Waals surface area contributed by atoms with Crippen molar-refractivity contribution in [2.45, 2.75) is 30.7 Å². The predicted molar refractivity (Wildman–Crippen MR) is 80.9 cm³/mol. The van der Waals surface area contributed by atoms with Gasteiger partial charge in [-0.15, -0.1) is 0 Å². The molecule has 0 aliphatic heterocycles. The highest BCUT2D eigenvalue weighted by molar-refractivity contribution is 7.89. The minimum absolute atomic E-state index is 0.0314. The maximum Gasteiger partial charge on any atom is 0.240 e. The van der Waals surface area contributed by atoms with Gasteiger partial charge in [0.1, 0.15) is 0 Å². The van der Waals surface area contributed by atoms with E-state index in [0.717, 1.165) is 24.7 Å². The third kappa shape index (κ3) is 4.50. The van der Waals surface area contributed by atoms with Crippen LogP contribution in [-0.2, 0) is 20.0 Å². The smallest absolute Gasteiger partial charge is 0.212 e. The normalized spacial score (nSPS) is 16.3. The summed E-state index contributed by atoms with van der Waals surface area (Å²) in [5, 5.41) is 0. The van der Waals surface area contributed by atoms with Crippen LogP contribution in [0, 0.1) is 6.92 Å². The maximum absolute atomic E-state index is 12.1. The lowest BCUT2D eigenvalue weighted by Crippen LogP contribution is -2.39. The quantitative estimate of drug-likeness (QED) is 0.796. The van der Waals surface area contributed by atoms with Gasteiger partial charge in [-0.25, -0.2) is 21.6 Å². The van der Waals surface area contributed by atoms with E-state index < -0.39 is 20.0 Å². The molecule has 0 unspecified atom stereocenters. The van der Waals surface area contributed by atoms with Crippen LogP contribution in [0.3, 0.4) is 0 Å². The van der Waals surface area contributed by atoms with Crippen molar-refractivity contribution in [3.63, 3.8) is 0 Å². The van der Waals surface area contributed by atoms with Gasteiger partial charge in [0, 0.05) is 19.1 Å². The molecule has 6 nitrogen and oxygen atoms in total. The van der Waals surface area contributed by atoms with Gasteiger partial charge in [-0.1, -0.05) is 17.7 Å². The van der Waals surface area contributed by atoms with Crippen LogP contribution >= 0.6 is 0 Å². The van der Waals surface area contributed by atoms with E-state index in [1.165, 1.54) is 16.4 Å². The summed E-state index contributed by atoms with van der Waals surface area (Å²) in [5.41, 5.74) is 0.978. The van der Waals surface area contributed by atoms with Crippen LogP contribution in [0.4, 0.5) is 0 Å². The van der Waals surface area contributed by atoms with Gasteiger partial charge < -0.3 is 0 Å². The Morgan fingerprint density at radius 3 is 2.19 bits per heavy atom. The van der Waals surface area contributed by atoms with E-state index in [1.54, 1.807) is 12.1 Å². The first kappa shape index (κ1) is 16.4. The highest BCUT2D eigenvalue weighted by Crippen LogP contribution is 2.28. The zero-order valence-electron chi connectivity index (χ0n) is 12.1. The Kier molecular flexibility index (Phi) is 4.72. The second-order valence-corrected chi connectivity index (χ2v) is 9.02. The van der Waals surface area contributed by atoms with E-state index in [-0.39, 0.29) is 24.0 Å². The topological polar surface area (TPSA) is 83.6 Å². The number of rotatable bonds is 7. The van der Waals surface area contributed by atoms with Crippen LogP contribution in [0.15, 0.2) is 29.2 Å². The van der Waals surface area contributed by atoms with Crippen LogP contribution in [0.5, 0.6) is 0 Å². The molecule has 0 heterocycles. The number of hydrogen-bond acceptors (Lipinski definition) is 4. The number of nitrogens with one attached hydrogen (secondary N) is 1. The molecule has 1 saturated carbocycles. The SMILES string of the molecule is Cc1ccc(S(=O)(=O)NCCN(C2CC2)S(C)(=O)=O)cc1. The second-order valence-electron chi connectivity index (χ2n) is 5.32. The zero-order chi connectivity index (χ0) is 15.7.